The third kappa shape index (κ3) is 3.65. The zero-order valence-electron chi connectivity index (χ0n) is 9.64. The molecule has 0 unspecified atom stereocenters. The Morgan fingerprint density at radius 1 is 1.07 bits per heavy atom. The molecule has 1 aromatic carbocycles. The lowest BCUT2D eigenvalue weighted by molar-refractivity contribution is 0.0130. The smallest absolute Gasteiger partial charge is 0.0814 e. The Balaban J connectivity index is 2.61. The number of aliphatic hydroxyl groups is 2. The van der Waals surface area contributed by atoms with Crippen molar-refractivity contribution in [2.45, 2.75) is 39.4 Å². The van der Waals surface area contributed by atoms with Crippen LogP contribution in [0.25, 0.3) is 0 Å². The zero-order valence-corrected chi connectivity index (χ0v) is 9.64. The fourth-order valence-corrected chi connectivity index (χ4v) is 1.38. The summed E-state index contributed by atoms with van der Waals surface area (Å²) in [5.41, 5.74) is 0.677. The van der Waals surface area contributed by atoms with Crippen molar-refractivity contribution >= 4 is 0 Å². The van der Waals surface area contributed by atoms with Crippen molar-refractivity contribution in [2.75, 3.05) is 0 Å². The minimum Gasteiger partial charge on any atom is -0.392 e. The topological polar surface area (TPSA) is 40.5 Å². The maximum absolute atomic E-state index is 9.89. The molecular formula is C13H20O2. The summed E-state index contributed by atoms with van der Waals surface area (Å²) in [5, 5.41) is 19.8. The maximum Gasteiger partial charge on any atom is 0.0814 e. The second kappa shape index (κ2) is 4.77. The van der Waals surface area contributed by atoms with E-state index in [4.69, 9.17) is 0 Å². The Labute approximate surface area is 91.6 Å². The fourth-order valence-electron chi connectivity index (χ4n) is 1.38. The Morgan fingerprint density at radius 3 is 2.07 bits per heavy atom. The van der Waals surface area contributed by atoms with Gasteiger partial charge in [-0.2, -0.15) is 0 Å². The van der Waals surface area contributed by atoms with Crippen LogP contribution in [-0.4, -0.2) is 16.3 Å². The van der Waals surface area contributed by atoms with Crippen LogP contribution in [0, 0.1) is 5.41 Å². The van der Waals surface area contributed by atoms with Crippen LogP contribution in [0.2, 0.25) is 0 Å². The van der Waals surface area contributed by atoms with Gasteiger partial charge in [-0.15, -0.1) is 0 Å². The number of aliphatic hydroxyl groups excluding tert-OH is 2. The lowest BCUT2D eigenvalue weighted by Crippen LogP contribution is -2.27. The first kappa shape index (κ1) is 12.2. The molecule has 1 rings (SSSR count). The van der Waals surface area contributed by atoms with Crippen molar-refractivity contribution in [2.24, 2.45) is 5.41 Å². The molecule has 2 N–H and O–H groups in total. The Morgan fingerprint density at radius 2 is 1.60 bits per heavy atom. The molecule has 0 aliphatic rings. The number of rotatable bonds is 3. The van der Waals surface area contributed by atoms with Crippen LogP contribution in [0.5, 0.6) is 0 Å². The van der Waals surface area contributed by atoms with Crippen LogP contribution >= 0.6 is 0 Å². The van der Waals surface area contributed by atoms with E-state index in [1.54, 1.807) is 0 Å². The van der Waals surface area contributed by atoms with E-state index < -0.39 is 12.2 Å². The first-order valence-electron chi connectivity index (χ1n) is 5.32. The zero-order chi connectivity index (χ0) is 11.5. The van der Waals surface area contributed by atoms with Gasteiger partial charge < -0.3 is 10.2 Å². The predicted molar refractivity (Wildman–Crippen MR) is 61.5 cm³/mol. The van der Waals surface area contributed by atoms with Gasteiger partial charge >= 0.3 is 0 Å². The van der Waals surface area contributed by atoms with E-state index in [0.717, 1.165) is 5.56 Å². The van der Waals surface area contributed by atoms with Crippen LogP contribution in [0.4, 0.5) is 0 Å². The number of hydrogen-bond acceptors (Lipinski definition) is 2. The van der Waals surface area contributed by atoms with E-state index >= 15 is 0 Å². The highest BCUT2D eigenvalue weighted by molar-refractivity contribution is 5.17. The molecule has 0 aromatic heterocycles. The Bertz CT molecular complexity index is 287. The molecule has 84 valence electrons. The van der Waals surface area contributed by atoms with Gasteiger partial charge in [-0.25, -0.2) is 0 Å². The third-order valence-electron chi connectivity index (χ3n) is 2.63. The molecule has 15 heavy (non-hydrogen) atoms. The summed E-state index contributed by atoms with van der Waals surface area (Å²) < 4.78 is 0. The van der Waals surface area contributed by atoms with E-state index in [-0.39, 0.29) is 5.41 Å². The van der Waals surface area contributed by atoms with Crippen LogP contribution in [0.3, 0.4) is 0 Å². The second-order valence-electron chi connectivity index (χ2n) is 5.04. The van der Waals surface area contributed by atoms with Gasteiger partial charge in [-0.05, 0) is 11.0 Å². The average Bonchev–Trinajstić information content (AvgIpc) is 2.17. The van der Waals surface area contributed by atoms with E-state index in [9.17, 15) is 10.2 Å². The standard InChI is InChI=1S/C13H20O2/c1-13(2,3)12(15)9-11(14)10-7-5-4-6-8-10/h4-8,11-12,14-15H,9H2,1-3H3/t11-,12-/m1/s1. The molecule has 0 bridgehead atoms. The predicted octanol–water partition coefficient (Wildman–Crippen LogP) is 2.52. The van der Waals surface area contributed by atoms with Crippen molar-refractivity contribution in [3.63, 3.8) is 0 Å². The van der Waals surface area contributed by atoms with Gasteiger partial charge in [0, 0.05) is 6.42 Å². The van der Waals surface area contributed by atoms with Crippen LogP contribution < -0.4 is 0 Å². The van der Waals surface area contributed by atoms with Gasteiger partial charge in [0.15, 0.2) is 0 Å². The molecule has 0 fully saturated rings. The fraction of sp³-hybridized carbons (Fsp3) is 0.538. The monoisotopic (exact) mass is 208 g/mol. The molecule has 0 radical (unpaired) electrons. The molecule has 0 spiro atoms. The normalized spacial score (nSPS) is 16.1. The average molecular weight is 208 g/mol. The molecule has 0 heterocycles. The SMILES string of the molecule is CC(C)(C)[C@H](O)C[C@@H](O)c1ccccc1. The van der Waals surface area contributed by atoms with Crippen molar-refractivity contribution in [3.05, 3.63) is 35.9 Å². The Hall–Kier alpha value is -0.860. The van der Waals surface area contributed by atoms with Gasteiger partial charge in [-0.3, -0.25) is 0 Å². The quantitative estimate of drug-likeness (QED) is 0.801. The molecule has 0 saturated carbocycles. The van der Waals surface area contributed by atoms with Crippen molar-refractivity contribution in [1.29, 1.82) is 0 Å². The molecule has 2 heteroatoms. The highest BCUT2D eigenvalue weighted by Gasteiger charge is 2.25. The van der Waals surface area contributed by atoms with Crippen molar-refractivity contribution in [3.8, 4) is 0 Å². The summed E-state index contributed by atoms with van der Waals surface area (Å²) in [6.45, 7) is 5.90. The highest BCUT2D eigenvalue weighted by Crippen LogP contribution is 2.27. The lowest BCUT2D eigenvalue weighted by Gasteiger charge is -2.27. The van der Waals surface area contributed by atoms with Crippen molar-refractivity contribution in [1.82, 2.24) is 0 Å². The van der Waals surface area contributed by atoms with Gasteiger partial charge in [0.2, 0.25) is 0 Å². The molecule has 2 atom stereocenters. The first-order valence-corrected chi connectivity index (χ1v) is 5.32. The maximum atomic E-state index is 9.89. The molecule has 2 nitrogen and oxygen atoms in total. The molecule has 1 aromatic rings. The van der Waals surface area contributed by atoms with Gasteiger partial charge in [0.1, 0.15) is 0 Å². The van der Waals surface area contributed by atoms with Crippen LogP contribution in [0.1, 0.15) is 38.9 Å². The summed E-state index contributed by atoms with van der Waals surface area (Å²) in [6.07, 6.45) is -0.693. The first-order chi connectivity index (χ1) is 6.91. The van der Waals surface area contributed by atoms with Gasteiger partial charge in [-0.1, -0.05) is 51.1 Å². The summed E-state index contributed by atoms with van der Waals surface area (Å²) in [6, 6.07) is 9.44. The lowest BCUT2D eigenvalue weighted by atomic mass is 9.85. The second-order valence-corrected chi connectivity index (χ2v) is 5.04. The molecule has 0 aliphatic carbocycles. The summed E-state index contributed by atoms with van der Waals surface area (Å²) in [5.74, 6) is 0. The van der Waals surface area contributed by atoms with Crippen LogP contribution in [0.15, 0.2) is 30.3 Å². The van der Waals surface area contributed by atoms with E-state index in [1.165, 1.54) is 0 Å². The number of hydrogen-bond donors (Lipinski definition) is 2. The minimum atomic E-state index is -0.583. The third-order valence-corrected chi connectivity index (χ3v) is 2.63. The molecule has 0 saturated heterocycles. The van der Waals surface area contributed by atoms with E-state index in [1.807, 2.05) is 51.1 Å². The number of benzene rings is 1. The van der Waals surface area contributed by atoms with E-state index in [0.29, 0.717) is 6.42 Å². The largest absolute Gasteiger partial charge is 0.392 e. The Kier molecular flexibility index (Phi) is 3.89. The molecule has 0 aliphatic heterocycles. The van der Waals surface area contributed by atoms with E-state index in [2.05, 4.69) is 0 Å². The van der Waals surface area contributed by atoms with Gasteiger partial charge in [0.05, 0.1) is 12.2 Å². The van der Waals surface area contributed by atoms with Crippen molar-refractivity contribution < 1.29 is 10.2 Å². The van der Waals surface area contributed by atoms with Gasteiger partial charge in [0.25, 0.3) is 0 Å². The summed E-state index contributed by atoms with van der Waals surface area (Å²) in [4.78, 5) is 0. The highest BCUT2D eigenvalue weighted by atomic mass is 16.3. The molecular weight excluding hydrogens is 188 g/mol. The van der Waals surface area contributed by atoms with Crippen LogP contribution in [-0.2, 0) is 0 Å². The summed E-state index contributed by atoms with van der Waals surface area (Å²) in [7, 11) is 0. The molecule has 0 amide bonds. The summed E-state index contributed by atoms with van der Waals surface area (Å²) >= 11 is 0. The minimum absolute atomic E-state index is 0.185.